The molecule has 3 heterocycles. The van der Waals surface area contributed by atoms with Gasteiger partial charge >= 0.3 is 0 Å². The van der Waals surface area contributed by atoms with Gasteiger partial charge < -0.3 is 10.6 Å². The molecule has 0 aliphatic heterocycles. The van der Waals surface area contributed by atoms with Crippen LogP contribution in [-0.4, -0.2) is 32.7 Å². The first-order valence-electron chi connectivity index (χ1n) is 8.11. The van der Waals surface area contributed by atoms with Crippen LogP contribution in [0.1, 0.15) is 34.1 Å². The third-order valence-corrected chi connectivity index (χ3v) is 3.68. The third-order valence-electron chi connectivity index (χ3n) is 3.68. The summed E-state index contributed by atoms with van der Waals surface area (Å²) in [5.41, 5.74) is 0.387. The molecule has 3 aromatic heterocycles. The summed E-state index contributed by atoms with van der Waals surface area (Å²) in [6.07, 6.45) is 6.50. The van der Waals surface area contributed by atoms with Crippen molar-refractivity contribution in [3.8, 4) is 0 Å². The molecule has 0 fully saturated rings. The second-order valence-electron chi connectivity index (χ2n) is 5.54. The minimum Gasteiger partial charge on any atom is -0.352 e. The Kier molecular flexibility index (Phi) is 5.02. The highest BCUT2D eigenvalue weighted by molar-refractivity contribution is 6.04. The van der Waals surface area contributed by atoms with Crippen molar-refractivity contribution in [3.05, 3.63) is 70.5 Å². The van der Waals surface area contributed by atoms with E-state index in [1.54, 1.807) is 30.5 Å². The summed E-state index contributed by atoms with van der Waals surface area (Å²) in [6.45, 7) is 2.48. The Hall–Kier alpha value is -3.55. The van der Waals surface area contributed by atoms with Gasteiger partial charge in [0.05, 0.1) is 17.3 Å². The number of rotatable bonds is 5. The molecule has 3 rings (SSSR count). The molecule has 26 heavy (non-hydrogen) atoms. The average molecular weight is 351 g/mol. The number of hydrogen-bond acceptors (Lipinski definition) is 5. The molecule has 0 aliphatic rings. The summed E-state index contributed by atoms with van der Waals surface area (Å²) < 4.78 is 1.24. The summed E-state index contributed by atoms with van der Waals surface area (Å²) >= 11 is 0. The van der Waals surface area contributed by atoms with Crippen molar-refractivity contribution < 1.29 is 9.59 Å². The number of nitrogens with zero attached hydrogens (tertiary/aromatic N) is 3. The number of carbonyl (C=O) groups excluding carboxylic acids is 2. The van der Waals surface area contributed by atoms with Crippen molar-refractivity contribution in [1.29, 1.82) is 0 Å². The smallest absolute Gasteiger partial charge is 0.281 e. The van der Waals surface area contributed by atoms with E-state index in [0.29, 0.717) is 17.7 Å². The van der Waals surface area contributed by atoms with Gasteiger partial charge in [0.1, 0.15) is 5.69 Å². The molecule has 2 amide bonds. The normalized spacial score (nSPS) is 10.5. The van der Waals surface area contributed by atoms with Crippen molar-refractivity contribution in [2.75, 3.05) is 11.9 Å². The number of nitrogens with one attached hydrogen (secondary N) is 2. The fourth-order valence-electron chi connectivity index (χ4n) is 2.39. The van der Waals surface area contributed by atoms with Gasteiger partial charge in [-0.15, -0.1) is 0 Å². The SMILES string of the molecule is CCCNC(=O)c1cccn2c(=O)c(NC(=O)c3cccnc3)cnc12. The number of fused-ring (bicyclic) bond motifs is 1. The lowest BCUT2D eigenvalue weighted by molar-refractivity contribution is 0.0953. The predicted octanol–water partition coefficient (Wildman–Crippen LogP) is 1.48. The molecule has 2 N–H and O–H groups in total. The summed E-state index contributed by atoms with van der Waals surface area (Å²) in [7, 11) is 0. The molecule has 0 bridgehead atoms. The summed E-state index contributed by atoms with van der Waals surface area (Å²) in [6, 6.07) is 6.40. The molecule has 0 saturated heterocycles. The number of carbonyl (C=O) groups is 2. The van der Waals surface area contributed by atoms with E-state index >= 15 is 0 Å². The van der Waals surface area contributed by atoms with Crippen molar-refractivity contribution >= 4 is 23.1 Å². The molecule has 8 heteroatoms. The van der Waals surface area contributed by atoms with E-state index in [-0.39, 0.29) is 17.2 Å². The van der Waals surface area contributed by atoms with Gasteiger partial charge in [0.2, 0.25) is 0 Å². The van der Waals surface area contributed by atoms with Crippen LogP contribution in [-0.2, 0) is 0 Å². The molecule has 0 aliphatic carbocycles. The molecule has 3 aromatic rings. The number of hydrogen-bond donors (Lipinski definition) is 2. The molecule has 0 spiro atoms. The molecule has 0 unspecified atom stereocenters. The van der Waals surface area contributed by atoms with Crippen LogP contribution in [0.4, 0.5) is 5.69 Å². The number of aromatic nitrogens is 3. The van der Waals surface area contributed by atoms with Crippen LogP contribution < -0.4 is 16.2 Å². The van der Waals surface area contributed by atoms with Gasteiger partial charge in [-0.1, -0.05) is 6.92 Å². The maximum Gasteiger partial charge on any atom is 0.281 e. The monoisotopic (exact) mass is 351 g/mol. The standard InChI is InChI=1S/C18H17N5O3/c1-2-7-20-17(25)13-6-4-9-23-15(13)21-11-14(18(23)26)22-16(24)12-5-3-8-19-10-12/h3-6,8-11H,2,7H2,1H3,(H,20,25)(H,22,24). The Morgan fingerprint density at radius 2 is 2.00 bits per heavy atom. The first-order valence-corrected chi connectivity index (χ1v) is 8.11. The number of amides is 2. The average Bonchev–Trinajstić information content (AvgIpc) is 2.68. The van der Waals surface area contributed by atoms with Crippen LogP contribution >= 0.6 is 0 Å². The van der Waals surface area contributed by atoms with Gasteiger partial charge in [-0.2, -0.15) is 0 Å². The van der Waals surface area contributed by atoms with Gasteiger partial charge in [-0.25, -0.2) is 4.98 Å². The van der Waals surface area contributed by atoms with Crippen LogP contribution in [0.15, 0.2) is 53.8 Å². The Morgan fingerprint density at radius 1 is 1.15 bits per heavy atom. The molecule has 0 radical (unpaired) electrons. The lowest BCUT2D eigenvalue weighted by Crippen LogP contribution is -2.27. The van der Waals surface area contributed by atoms with E-state index in [1.807, 2.05) is 6.92 Å². The first kappa shape index (κ1) is 17.3. The zero-order valence-corrected chi connectivity index (χ0v) is 14.1. The van der Waals surface area contributed by atoms with E-state index in [2.05, 4.69) is 20.6 Å². The largest absolute Gasteiger partial charge is 0.352 e. The third kappa shape index (κ3) is 3.44. The van der Waals surface area contributed by atoms with E-state index < -0.39 is 11.5 Å². The first-order chi connectivity index (χ1) is 12.6. The zero-order chi connectivity index (χ0) is 18.5. The second-order valence-corrected chi connectivity index (χ2v) is 5.54. The van der Waals surface area contributed by atoms with Crippen LogP contribution in [0.2, 0.25) is 0 Å². The zero-order valence-electron chi connectivity index (χ0n) is 14.1. The van der Waals surface area contributed by atoms with Gasteiger partial charge in [-0.3, -0.25) is 23.8 Å². The van der Waals surface area contributed by atoms with Crippen molar-refractivity contribution in [3.63, 3.8) is 0 Å². The van der Waals surface area contributed by atoms with E-state index in [0.717, 1.165) is 6.42 Å². The molecular formula is C18H17N5O3. The van der Waals surface area contributed by atoms with Gasteiger partial charge in [0, 0.05) is 25.1 Å². The van der Waals surface area contributed by atoms with Crippen molar-refractivity contribution in [2.45, 2.75) is 13.3 Å². The highest BCUT2D eigenvalue weighted by Gasteiger charge is 2.15. The number of anilines is 1. The fraction of sp³-hybridized carbons (Fsp3) is 0.167. The molecule has 0 atom stereocenters. The molecular weight excluding hydrogens is 334 g/mol. The Balaban J connectivity index is 1.95. The quantitative estimate of drug-likeness (QED) is 0.724. The summed E-state index contributed by atoms with van der Waals surface area (Å²) in [4.78, 5) is 45.1. The molecule has 0 aromatic carbocycles. The molecule has 132 valence electrons. The maximum absolute atomic E-state index is 12.6. The van der Waals surface area contributed by atoms with Crippen LogP contribution in [0.5, 0.6) is 0 Å². The highest BCUT2D eigenvalue weighted by atomic mass is 16.2. The van der Waals surface area contributed by atoms with E-state index in [1.165, 1.54) is 23.0 Å². The van der Waals surface area contributed by atoms with Crippen molar-refractivity contribution in [1.82, 2.24) is 19.7 Å². The Labute approximate surface area is 148 Å². The minimum absolute atomic E-state index is 0.0162. The topological polar surface area (TPSA) is 105 Å². The predicted molar refractivity (Wildman–Crippen MR) is 96.3 cm³/mol. The van der Waals surface area contributed by atoms with Gasteiger partial charge in [-0.05, 0) is 30.7 Å². The van der Waals surface area contributed by atoms with Crippen LogP contribution in [0, 0.1) is 0 Å². The molecule has 0 saturated carbocycles. The maximum atomic E-state index is 12.6. The van der Waals surface area contributed by atoms with Crippen LogP contribution in [0.3, 0.4) is 0 Å². The number of pyridine rings is 2. The Morgan fingerprint density at radius 3 is 2.73 bits per heavy atom. The van der Waals surface area contributed by atoms with Crippen LogP contribution in [0.25, 0.3) is 5.65 Å². The van der Waals surface area contributed by atoms with E-state index in [9.17, 15) is 14.4 Å². The Bertz CT molecular complexity index is 1010. The lowest BCUT2D eigenvalue weighted by Gasteiger charge is -2.09. The minimum atomic E-state index is -0.475. The van der Waals surface area contributed by atoms with Gasteiger partial charge in [0.15, 0.2) is 5.65 Å². The summed E-state index contributed by atoms with van der Waals surface area (Å²) in [5.74, 6) is -0.766. The summed E-state index contributed by atoms with van der Waals surface area (Å²) in [5, 5.41) is 5.28. The fourth-order valence-corrected chi connectivity index (χ4v) is 2.39. The van der Waals surface area contributed by atoms with Crippen molar-refractivity contribution in [2.24, 2.45) is 0 Å². The lowest BCUT2D eigenvalue weighted by atomic mass is 10.2. The second kappa shape index (κ2) is 7.56. The van der Waals surface area contributed by atoms with Gasteiger partial charge in [0.25, 0.3) is 17.4 Å². The highest BCUT2D eigenvalue weighted by Crippen LogP contribution is 2.09. The van der Waals surface area contributed by atoms with E-state index in [4.69, 9.17) is 0 Å². The molecule has 8 nitrogen and oxygen atoms in total.